The molecule has 0 heterocycles. The number of aryl methyl sites for hydroxylation is 1. The van der Waals surface area contributed by atoms with Crippen LogP contribution in [0.4, 0.5) is 5.69 Å². The second-order valence-electron chi connectivity index (χ2n) is 5.02. The van der Waals surface area contributed by atoms with Gasteiger partial charge in [-0.15, -0.1) is 0 Å². The SMILES string of the molecule is CC(=O)Nc1ccc(O)c(C(=O)C=Cc2cccc(C)c2)c1. The Bertz CT molecular complexity index is 748. The van der Waals surface area contributed by atoms with Gasteiger partial charge in [-0.05, 0) is 36.8 Å². The minimum atomic E-state index is -0.328. The van der Waals surface area contributed by atoms with Gasteiger partial charge < -0.3 is 10.4 Å². The molecule has 0 saturated heterocycles. The number of amides is 1. The van der Waals surface area contributed by atoms with Crippen LogP contribution in [0.2, 0.25) is 0 Å². The van der Waals surface area contributed by atoms with Crippen LogP contribution in [0.25, 0.3) is 6.08 Å². The summed E-state index contributed by atoms with van der Waals surface area (Å²) in [6.45, 7) is 3.36. The molecule has 0 atom stereocenters. The van der Waals surface area contributed by atoms with Crippen molar-refractivity contribution in [2.75, 3.05) is 5.32 Å². The Balaban J connectivity index is 2.23. The summed E-state index contributed by atoms with van der Waals surface area (Å²) in [6.07, 6.45) is 3.10. The Labute approximate surface area is 129 Å². The van der Waals surface area contributed by atoms with Crippen LogP contribution >= 0.6 is 0 Å². The number of benzene rings is 2. The monoisotopic (exact) mass is 295 g/mol. The number of phenols is 1. The second-order valence-corrected chi connectivity index (χ2v) is 5.02. The lowest BCUT2D eigenvalue weighted by atomic mass is 10.1. The molecule has 0 fully saturated rings. The van der Waals surface area contributed by atoms with Gasteiger partial charge in [0, 0.05) is 12.6 Å². The van der Waals surface area contributed by atoms with Gasteiger partial charge in [0.05, 0.1) is 5.56 Å². The van der Waals surface area contributed by atoms with E-state index in [0.717, 1.165) is 11.1 Å². The summed E-state index contributed by atoms with van der Waals surface area (Å²) in [5, 5.41) is 12.4. The number of anilines is 1. The van der Waals surface area contributed by atoms with Crippen molar-refractivity contribution < 1.29 is 14.7 Å². The van der Waals surface area contributed by atoms with E-state index in [1.807, 2.05) is 31.2 Å². The summed E-state index contributed by atoms with van der Waals surface area (Å²) in [5.41, 5.74) is 2.63. The number of phenolic OH excluding ortho intramolecular Hbond substituents is 1. The lowest BCUT2D eigenvalue weighted by Crippen LogP contribution is -2.06. The second kappa shape index (κ2) is 6.72. The van der Waals surface area contributed by atoms with Crippen LogP contribution in [0.1, 0.15) is 28.4 Å². The maximum Gasteiger partial charge on any atom is 0.221 e. The molecule has 0 aliphatic heterocycles. The van der Waals surface area contributed by atoms with Crippen LogP contribution in [0.15, 0.2) is 48.5 Å². The molecule has 22 heavy (non-hydrogen) atoms. The zero-order chi connectivity index (χ0) is 16.1. The normalized spacial score (nSPS) is 10.6. The third-order valence-electron chi connectivity index (χ3n) is 3.05. The molecule has 2 aromatic carbocycles. The van der Waals surface area contributed by atoms with Gasteiger partial charge in [-0.3, -0.25) is 9.59 Å². The van der Waals surface area contributed by atoms with Gasteiger partial charge in [-0.1, -0.05) is 35.9 Å². The first-order chi connectivity index (χ1) is 10.5. The predicted octanol–water partition coefficient (Wildman–Crippen LogP) is 3.56. The minimum absolute atomic E-state index is 0.118. The molecule has 0 unspecified atom stereocenters. The van der Waals surface area contributed by atoms with Crippen LogP contribution in [0, 0.1) is 6.92 Å². The molecule has 4 nitrogen and oxygen atoms in total. The van der Waals surface area contributed by atoms with E-state index >= 15 is 0 Å². The number of carbonyl (C=O) groups excluding carboxylic acids is 2. The third-order valence-corrected chi connectivity index (χ3v) is 3.05. The van der Waals surface area contributed by atoms with Crippen molar-refractivity contribution in [2.24, 2.45) is 0 Å². The van der Waals surface area contributed by atoms with E-state index in [-0.39, 0.29) is 23.0 Å². The number of hydrogen-bond acceptors (Lipinski definition) is 3. The van der Waals surface area contributed by atoms with Crippen molar-refractivity contribution in [1.82, 2.24) is 0 Å². The number of aromatic hydroxyl groups is 1. The number of rotatable bonds is 4. The summed E-state index contributed by atoms with van der Waals surface area (Å²) < 4.78 is 0. The molecule has 112 valence electrons. The van der Waals surface area contributed by atoms with Crippen LogP contribution in [0.5, 0.6) is 5.75 Å². The van der Waals surface area contributed by atoms with E-state index < -0.39 is 0 Å². The average molecular weight is 295 g/mol. The molecule has 0 spiro atoms. The fourth-order valence-electron chi connectivity index (χ4n) is 2.05. The number of nitrogens with one attached hydrogen (secondary N) is 1. The van der Waals surface area contributed by atoms with Crippen molar-refractivity contribution in [3.05, 3.63) is 65.2 Å². The van der Waals surface area contributed by atoms with Crippen LogP contribution in [0.3, 0.4) is 0 Å². The smallest absolute Gasteiger partial charge is 0.221 e. The first kappa shape index (κ1) is 15.5. The number of carbonyl (C=O) groups is 2. The van der Waals surface area contributed by atoms with Gasteiger partial charge in [0.15, 0.2) is 5.78 Å². The Hall–Kier alpha value is -2.88. The maximum absolute atomic E-state index is 12.2. The van der Waals surface area contributed by atoms with Gasteiger partial charge in [-0.25, -0.2) is 0 Å². The van der Waals surface area contributed by atoms with Crippen LogP contribution in [-0.2, 0) is 4.79 Å². The van der Waals surface area contributed by atoms with Gasteiger partial charge in [0.1, 0.15) is 5.75 Å². The van der Waals surface area contributed by atoms with Crippen molar-refractivity contribution in [3.8, 4) is 5.75 Å². The predicted molar refractivity (Wildman–Crippen MR) is 87.0 cm³/mol. The summed E-state index contributed by atoms with van der Waals surface area (Å²) >= 11 is 0. The van der Waals surface area contributed by atoms with Gasteiger partial charge >= 0.3 is 0 Å². The summed E-state index contributed by atoms with van der Waals surface area (Å²) in [4.78, 5) is 23.3. The molecule has 0 bridgehead atoms. The number of ketones is 1. The fraction of sp³-hybridized carbons (Fsp3) is 0.111. The van der Waals surface area contributed by atoms with Gasteiger partial charge in [0.25, 0.3) is 0 Å². The first-order valence-corrected chi connectivity index (χ1v) is 6.85. The number of hydrogen-bond donors (Lipinski definition) is 2. The first-order valence-electron chi connectivity index (χ1n) is 6.85. The third kappa shape index (κ3) is 4.06. The summed E-state index contributed by atoms with van der Waals surface area (Å²) in [6, 6.07) is 12.1. The average Bonchev–Trinajstić information content (AvgIpc) is 2.46. The zero-order valence-corrected chi connectivity index (χ0v) is 12.5. The Kier molecular flexibility index (Phi) is 4.73. The van der Waals surface area contributed by atoms with E-state index in [1.54, 1.807) is 6.08 Å². The quantitative estimate of drug-likeness (QED) is 0.515. The highest BCUT2D eigenvalue weighted by molar-refractivity contribution is 6.09. The van der Waals surface area contributed by atoms with Crippen LogP contribution in [-0.4, -0.2) is 16.8 Å². The summed E-state index contributed by atoms with van der Waals surface area (Å²) in [5.74, 6) is -0.682. The van der Waals surface area contributed by atoms with Crippen molar-refractivity contribution >= 4 is 23.5 Å². The molecular weight excluding hydrogens is 278 g/mol. The Morgan fingerprint density at radius 3 is 2.59 bits per heavy atom. The molecule has 0 aliphatic carbocycles. The van der Waals surface area contributed by atoms with Gasteiger partial charge in [0.2, 0.25) is 5.91 Å². The molecule has 0 aliphatic rings. The largest absolute Gasteiger partial charge is 0.507 e. The highest BCUT2D eigenvalue weighted by Crippen LogP contribution is 2.22. The molecular formula is C18H17NO3. The maximum atomic E-state index is 12.2. The minimum Gasteiger partial charge on any atom is -0.507 e. The standard InChI is InChI=1S/C18H17NO3/c1-12-4-3-5-14(10-12)6-8-17(21)16-11-15(19-13(2)20)7-9-18(16)22/h3-11,22H,1-2H3,(H,19,20). The lowest BCUT2D eigenvalue weighted by molar-refractivity contribution is -0.114. The molecule has 2 rings (SSSR count). The Morgan fingerprint density at radius 2 is 1.91 bits per heavy atom. The van der Waals surface area contributed by atoms with Crippen molar-refractivity contribution in [3.63, 3.8) is 0 Å². The summed E-state index contributed by atoms with van der Waals surface area (Å²) in [7, 11) is 0. The van der Waals surface area contributed by atoms with Gasteiger partial charge in [-0.2, -0.15) is 0 Å². The van der Waals surface area contributed by atoms with Crippen molar-refractivity contribution in [1.29, 1.82) is 0 Å². The fourth-order valence-corrected chi connectivity index (χ4v) is 2.05. The van der Waals surface area contributed by atoms with Crippen LogP contribution < -0.4 is 5.32 Å². The topological polar surface area (TPSA) is 66.4 Å². The van der Waals surface area contributed by atoms with E-state index in [9.17, 15) is 14.7 Å². The molecule has 4 heteroatoms. The Morgan fingerprint density at radius 1 is 1.14 bits per heavy atom. The van der Waals surface area contributed by atoms with Crippen molar-refractivity contribution in [2.45, 2.75) is 13.8 Å². The molecule has 1 amide bonds. The van der Waals surface area contributed by atoms with E-state index in [2.05, 4.69) is 5.32 Å². The lowest BCUT2D eigenvalue weighted by Gasteiger charge is -2.06. The molecule has 2 aromatic rings. The molecule has 0 radical (unpaired) electrons. The highest BCUT2D eigenvalue weighted by atomic mass is 16.3. The van der Waals surface area contributed by atoms with E-state index in [1.165, 1.54) is 31.2 Å². The molecule has 2 N–H and O–H groups in total. The molecule has 0 aromatic heterocycles. The highest BCUT2D eigenvalue weighted by Gasteiger charge is 2.10. The molecule has 0 saturated carbocycles. The van der Waals surface area contributed by atoms with E-state index in [0.29, 0.717) is 5.69 Å². The number of allylic oxidation sites excluding steroid dienone is 1. The zero-order valence-electron chi connectivity index (χ0n) is 12.5. The van der Waals surface area contributed by atoms with E-state index in [4.69, 9.17) is 0 Å².